The summed E-state index contributed by atoms with van der Waals surface area (Å²) in [6.07, 6.45) is 8.64. The normalized spacial score (nSPS) is 20.6. The number of benzene rings is 1. The van der Waals surface area contributed by atoms with Crippen molar-refractivity contribution in [3.63, 3.8) is 0 Å². The van der Waals surface area contributed by atoms with Crippen LogP contribution >= 0.6 is 0 Å². The molecule has 0 radical (unpaired) electrons. The third-order valence-corrected chi connectivity index (χ3v) is 6.11. The standard InChI is InChI=1S/C28H41N3O3/c1-6-10-23(11-7-2)21-29-14-15-31(27(32)34-28(3,4)5)25(22-29)20-24-12-8-9-13-26(24)30-16-18-33-19-17-30/h6-13,25H,1,14-22H2,2-5H3/b11-7-,23-10+/t25-/m1/s1. The van der Waals surface area contributed by atoms with Crippen LogP contribution in [0.4, 0.5) is 10.5 Å². The van der Waals surface area contributed by atoms with E-state index in [1.165, 1.54) is 16.8 Å². The Balaban J connectivity index is 1.83. The molecule has 0 N–H and O–H groups in total. The van der Waals surface area contributed by atoms with Crippen molar-refractivity contribution in [3.05, 3.63) is 66.3 Å². The molecule has 186 valence electrons. The highest BCUT2D eigenvalue weighted by Gasteiger charge is 2.34. The Hall–Kier alpha value is -2.57. The van der Waals surface area contributed by atoms with E-state index in [1.54, 1.807) is 0 Å². The lowest BCUT2D eigenvalue weighted by Crippen LogP contribution is -2.57. The summed E-state index contributed by atoms with van der Waals surface area (Å²) in [5.41, 5.74) is 3.21. The van der Waals surface area contributed by atoms with Crippen molar-refractivity contribution >= 4 is 11.8 Å². The Bertz CT molecular complexity index is 881. The van der Waals surface area contributed by atoms with Crippen molar-refractivity contribution in [3.8, 4) is 0 Å². The molecule has 2 heterocycles. The van der Waals surface area contributed by atoms with Gasteiger partial charge >= 0.3 is 6.09 Å². The van der Waals surface area contributed by atoms with Gasteiger partial charge in [0.15, 0.2) is 0 Å². The summed E-state index contributed by atoms with van der Waals surface area (Å²) in [6.45, 7) is 18.0. The molecule has 34 heavy (non-hydrogen) atoms. The second-order valence-electron chi connectivity index (χ2n) is 9.97. The number of morpholine rings is 1. The molecule has 1 amide bonds. The minimum Gasteiger partial charge on any atom is -0.444 e. The van der Waals surface area contributed by atoms with Gasteiger partial charge in [0.2, 0.25) is 0 Å². The van der Waals surface area contributed by atoms with Crippen LogP contribution < -0.4 is 4.90 Å². The minimum absolute atomic E-state index is 0.0291. The first-order chi connectivity index (χ1) is 16.3. The quantitative estimate of drug-likeness (QED) is 0.545. The van der Waals surface area contributed by atoms with Crippen molar-refractivity contribution in [2.24, 2.45) is 0 Å². The number of hydrogen-bond acceptors (Lipinski definition) is 5. The maximum Gasteiger partial charge on any atom is 0.410 e. The van der Waals surface area contributed by atoms with Gasteiger partial charge in [0.05, 0.1) is 19.3 Å². The van der Waals surface area contributed by atoms with Crippen LogP contribution in [0.15, 0.2) is 60.7 Å². The first-order valence-electron chi connectivity index (χ1n) is 12.4. The molecule has 2 fully saturated rings. The highest BCUT2D eigenvalue weighted by molar-refractivity contribution is 5.69. The van der Waals surface area contributed by atoms with E-state index < -0.39 is 5.60 Å². The van der Waals surface area contributed by atoms with E-state index in [-0.39, 0.29) is 12.1 Å². The van der Waals surface area contributed by atoms with Crippen LogP contribution in [-0.4, -0.2) is 80.0 Å². The van der Waals surface area contributed by atoms with E-state index in [4.69, 9.17) is 9.47 Å². The fourth-order valence-electron chi connectivity index (χ4n) is 4.63. The average Bonchev–Trinajstić information content (AvgIpc) is 2.79. The molecule has 0 bridgehead atoms. The molecule has 2 saturated heterocycles. The van der Waals surface area contributed by atoms with Gasteiger partial charge < -0.3 is 19.3 Å². The Morgan fingerprint density at radius 1 is 1.18 bits per heavy atom. The number of carbonyl (C=O) groups excluding carboxylic acids is 1. The van der Waals surface area contributed by atoms with Crippen molar-refractivity contribution in [1.82, 2.24) is 9.80 Å². The fourth-order valence-corrected chi connectivity index (χ4v) is 4.63. The molecule has 0 aliphatic carbocycles. The summed E-state index contributed by atoms with van der Waals surface area (Å²) >= 11 is 0. The molecule has 2 aliphatic heterocycles. The number of anilines is 1. The van der Waals surface area contributed by atoms with Gasteiger partial charge in [-0.2, -0.15) is 0 Å². The predicted octanol–water partition coefficient (Wildman–Crippen LogP) is 4.68. The smallest absolute Gasteiger partial charge is 0.410 e. The molecular formula is C28H41N3O3. The van der Waals surface area contributed by atoms with Gasteiger partial charge in [-0.1, -0.05) is 49.1 Å². The van der Waals surface area contributed by atoms with Gasteiger partial charge in [-0.25, -0.2) is 4.79 Å². The van der Waals surface area contributed by atoms with Crippen LogP contribution in [0.3, 0.4) is 0 Å². The van der Waals surface area contributed by atoms with E-state index >= 15 is 0 Å². The first kappa shape index (κ1) is 26.0. The monoisotopic (exact) mass is 467 g/mol. The lowest BCUT2D eigenvalue weighted by molar-refractivity contribution is -0.000147. The van der Waals surface area contributed by atoms with Crippen molar-refractivity contribution in [2.75, 3.05) is 57.4 Å². The van der Waals surface area contributed by atoms with E-state index in [2.05, 4.69) is 58.9 Å². The van der Waals surface area contributed by atoms with Crippen LogP contribution in [0.2, 0.25) is 0 Å². The number of ether oxygens (including phenoxy) is 2. The lowest BCUT2D eigenvalue weighted by atomic mass is 9.99. The highest BCUT2D eigenvalue weighted by Crippen LogP contribution is 2.26. The summed E-state index contributed by atoms with van der Waals surface area (Å²) in [7, 11) is 0. The van der Waals surface area contributed by atoms with Gasteiger partial charge in [0, 0.05) is 45.0 Å². The topological polar surface area (TPSA) is 45.2 Å². The summed E-state index contributed by atoms with van der Waals surface area (Å²) in [5, 5.41) is 0. The number of piperazine rings is 1. The van der Waals surface area contributed by atoms with Gasteiger partial charge in [-0.05, 0) is 51.3 Å². The largest absolute Gasteiger partial charge is 0.444 e. The van der Waals surface area contributed by atoms with Gasteiger partial charge in [0.1, 0.15) is 5.60 Å². The number of rotatable bonds is 7. The summed E-state index contributed by atoms with van der Waals surface area (Å²) in [4.78, 5) is 19.9. The third-order valence-electron chi connectivity index (χ3n) is 6.11. The Morgan fingerprint density at radius 2 is 1.91 bits per heavy atom. The SMILES string of the molecule is C=C/C=C(\C=C/C)CN1CCN(C(=O)OC(C)(C)C)[C@H](Cc2ccccc2N2CCOCC2)C1. The predicted molar refractivity (Wildman–Crippen MR) is 139 cm³/mol. The zero-order valence-electron chi connectivity index (χ0n) is 21.3. The molecule has 1 atom stereocenters. The second kappa shape index (κ2) is 12.2. The van der Waals surface area contributed by atoms with Crippen LogP contribution in [-0.2, 0) is 15.9 Å². The molecule has 0 spiro atoms. The molecule has 6 heteroatoms. The number of allylic oxidation sites excluding steroid dienone is 3. The van der Waals surface area contributed by atoms with E-state index in [0.29, 0.717) is 6.54 Å². The van der Waals surface area contributed by atoms with Crippen molar-refractivity contribution in [1.29, 1.82) is 0 Å². The van der Waals surface area contributed by atoms with E-state index in [9.17, 15) is 4.79 Å². The first-order valence-corrected chi connectivity index (χ1v) is 12.4. The Labute approximate surface area is 205 Å². The van der Waals surface area contributed by atoms with Crippen molar-refractivity contribution in [2.45, 2.75) is 45.8 Å². The number of carbonyl (C=O) groups is 1. The Kier molecular flexibility index (Phi) is 9.36. The third kappa shape index (κ3) is 7.47. The molecule has 2 aliphatic rings. The molecule has 1 aromatic carbocycles. The molecule has 1 aromatic rings. The molecule has 3 rings (SSSR count). The summed E-state index contributed by atoms with van der Waals surface area (Å²) in [6, 6.07) is 8.60. The molecule has 0 saturated carbocycles. The number of amides is 1. The maximum absolute atomic E-state index is 13.2. The van der Waals surface area contributed by atoms with Gasteiger partial charge in [0.25, 0.3) is 0 Å². The van der Waals surface area contributed by atoms with Crippen LogP contribution in [0.1, 0.15) is 33.3 Å². The number of para-hydroxylation sites is 1. The molecule has 6 nitrogen and oxygen atoms in total. The second-order valence-corrected chi connectivity index (χ2v) is 9.97. The van der Waals surface area contributed by atoms with E-state index in [0.717, 1.165) is 52.4 Å². The minimum atomic E-state index is -0.518. The number of nitrogens with zero attached hydrogens (tertiary/aromatic N) is 3. The van der Waals surface area contributed by atoms with Gasteiger partial charge in [-0.3, -0.25) is 4.90 Å². The summed E-state index contributed by atoms with van der Waals surface area (Å²) < 4.78 is 11.4. The maximum atomic E-state index is 13.2. The molecular weight excluding hydrogens is 426 g/mol. The average molecular weight is 468 g/mol. The lowest BCUT2D eigenvalue weighted by Gasteiger charge is -2.42. The highest BCUT2D eigenvalue weighted by atomic mass is 16.6. The molecule has 0 aromatic heterocycles. The van der Waals surface area contributed by atoms with Gasteiger partial charge in [-0.15, -0.1) is 0 Å². The zero-order valence-corrected chi connectivity index (χ0v) is 21.3. The van der Waals surface area contributed by atoms with Crippen LogP contribution in [0.25, 0.3) is 0 Å². The van der Waals surface area contributed by atoms with E-state index in [1.807, 2.05) is 38.7 Å². The number of hydrogen-bond donors (Lipinski definition) is 0. The zero-order chi connectivity index (χ0) is 24.6. The van der Waals surface area contributed by atoms with Crippen LogP contribution in [0.5, 0.6) is 0 Å². The fraction of sp³-hybridized carbons (Fsp3) is 0.536. The Morgan fingerprint density at radius 3 is 2.59 bits per heavy atom. The molecule has 0 unspecified atom stereocenters. The van der Waals surface area contributed by atoms with Crippen LogP contribution in [0, 0.1) is 0 Å². The summed E-state index contributed by atoms with van der Waals surface area (Å²) in [5.74, 6) is 0. The van der Waals surface area contributed by atoms with Crippen molar-refractivity contribution < 1.29 is 14.3 Å².